The van der Waals surface area contributed by atoms with Gasteiger partial charge < -0.3 is 20.1 Å². The van der Waals surface area contributed by atoms with Gasteiger partial charge in [-0.3, -0.25) is 4.79 Å². The summed E-state index contributed by atoms with van der Waals surface area (Å²) in [5, 5.41) is 0.327. The number of esters is 1. The van der Waals surface area contributed by atoms with Gasteiger partial charge in [-0.15, -0.1) is 0 Å². The first-order chi connectivity index (χ1) is 9.52. The van der Waals surface area contributed by atoms with Crippen LogP contribution in [0.2, 0.25) is 5.02 Å². The van der Waals surface area contributed by atoms with Crippen molar-refractivity contribution in [1.29, 1.82) is 0 Å². The molecule has 2 N–H and O–H groups in total. The van der Waals surface area contributed by atoms with Gasteiger partial charge in [0.1, 0.15) is 0 Å². The number of nitrogen functional groups attached to an aromatic ring is 1. The molecule has 108 valence electrons. The van der Waals surface area contributed by atoms with Crippen molar-refractivity contribution in [3.05, 3.63) is 28.8 Å². The summed E-state index contributed by atoms with van der Waals surface area (Å²) >= 11 is 5.90. The molecule has 2 rings (SSSR count). The number of anilines is 1. The first kappa shape index (κ1) is 14.6. The van der Waals surface area contributed by atoms with Gasteiger partial charge in [-0.2, -0.15) is 0 Å². The van der Waals surface area contributed by atoms with Crippen molar-refractivity contribution in [1.82, 2.24) is 4.90 Å². The fourth-order valence-corrected chi connectivity index (χ4v) is 2.13. The van der Waals surface area contributed by atoms with Crippen LogP contribution >= 0.6 is 11.6 Å². The molecular weight excluding hydrogens is 284 g/mol. The van der Waals surface area contributed by atoms with E-state index < -0.39 is 12.1 Å². The number of carbonyl (C=O) groups excluding carboxylic acids is 2. The van der Waals surface area contributed by atoms with Crippen molar-refractivity contribution in [3.8, 4) is 0 Å². The van der Waals surface area contributed by atoms with Gasteiger partial charge in [0.25, 0.3) is 5.91 Å². The zero-order valence-electron chi connectivity index (χ0n) is 11.0. The molecule has 0 radical (unpaired) electrons. The largest absolute Gasteiger partial charge is 0.467 e. The van der Waals surface area contributed by atoms with Crippen LogP contribution in [0.5, 0.6) is 0 Å². The summed E-state index contributed by atoms with van der Waals surface area (Å²) in [5.74, 6) is -0.707. The number of nitrogens with two attached hydrogens (primary N) is 1. The summed E-state index contributed by atoms with van der Waals surface area (Å²) in [5.41, 5.74) is 6.45. The molecule has 1 saturated heterocycles. The number of carbonyl (C=O) groups is 2. The van der Waals surface area contributed by atoms with Gasteiger partial charge in [0.2, 0.25) is 0 Å². The lowest BCUT2D eigenvalue weighted by Gasteiger charge is -2.31. The van der Waals surface area contributed by atoms with Crippen LogP contribution in [0.4, 0.5) is 5.69 Å². The lowest BCUT2D eigenvalue weighted by Crippen LogP contribution is -2.48. The van der Waals surface area contributed by atoms with Gasteiger partial charge in [-0.1, -0.05) is 11.6 Å². The highest BCUT2D eigenvalue weighted by Gasteiger charge is 2.30. The van der Waals surface area contributed by atoms with Crippen LogP contribution in [0.25, 0.3) is 0 Å². The maximum atomic E-state index is 12.3. The summed E-state index contributed by atoms with van der Waals surface area (Å²) in [7, 11) is 1.28. The van der Waals surface area contributed by atoms with Crippen molar-refractivity contribution in [2.75, 3.05) is 32.5 Å². The van der Waals surface area contributed by atoms with Crippen LogP contribution in [0.1, 0.15) is 10.4 Å². The van der Waals surface area contributed by atoms with Crippen LogP contribution in [0.3, 0.4) is 0 Å². The number of morpholine rings is 1. The molecule has 6 nitrogen and oxygen atoms in total. The Morgan fingerprint density at radius 2 is 2.25 bits per heavy atom. The Hall–Kier alpha value is -1.79. The predicted molar refractivity (Wildman–Crippen MR) is 73.5 cm³/mol. The molecule has 1 atom stereocenters. The quantitative estimate of drug-likeness (QED) is 0.649. The average molecular weight is 299 g/mol. The number of rotatable bonds is 2. The summed E-state index contributed by atoms with van der Waals surface area (Å²) in [6.07, 6.45) is -0.748. The first-order valence-corrected chi connectivity index (χ1v) is 6.44. The molecule has 0 bridgehead atoms. The number of methoxy groups -OCH3 is 1. The summed E-state index contributed by atoms with van der Waals surface area (Å²) < 4.78 is 9.89. The molecule has 1 amide bonds. The van der Waals surface area contributed by atoms with E-state index in [1.807, 2.05) is 0 Å². The lowest BCUT2D eigenvalue weighted by molar-refractivity contribution is -0.158. The third-order valence-electron chi connectivity index (χ3n) is 3.07. The van der Waals surface area contributed by atoms with Crippen LogP contribution in [0, 0.1) is 0 Å². The van der Waals surface area contributed by atoms with Crippen molar-refractivity contribution in [3.63, 3.8) is 0 Å². The second kappa shape index (κ2) is 6.11. The summed E-state index contributed by atoms with van der Waals surface area (Å²) in [6, 6.07) is 4.70. The maximum Gasteiger partial charge on any atom is 0.336 e. The highest BCUT2D eigenvalue weighted by Crippen LogP contribution is 2.21. The number of ether oxygens (including phenoxy) is 2. The third-order valence-corrected chi connectivity index (χ3v) is 3.39. The van der Waals surface area contributed by atoms with Gasteiger partial charge in [0.15, 0.2) is 6.10 Å². The Kier molecular flexibility index (Phi) is 4.46. The molecule has 0 aromatic heterocycles. The van der Waals surface area contributed by atoms with Crippen molar-refractivity contribution in [2.24, 2.45) is 0 Å². The highest BCUT2D eigenvalue weighted by atomic mass is 35.5. The maximum absolute atomic E-state index is 12.3. The molecule has 20 heavy (non-hydrogen) atoms. The molecule has 1 heterocycles. The molecule has 1 aliphatic heterocycles. The van der Waals surface area contributed by atoms with Crippen LogP contribution in [-0.2, 0) is 14.3 Å². The van der Waals surface area contributed by atoms with E-state index in [-0.39, 0.29) is 19.1 Å². The minimum atomic E-state index is -0.748. The zero-order chi connectivity index (χ0) is 14.7. The number of hydrogen-bond donors (Lipinski definition) is 1. The SMILES string of the molecule is COC(=O)C1CN(C(=O)c2ccc(N)c(Cl)c2)CCO1. The van der Waals surface area contributed by atoms with Crippen LogP contribution < -0.4 is 5.73 Å². The molecule has 7 heteroatoms. The van der Waals surface area contributed by atoms with Crippen molar-refractivity contribution >= 4 is 29.2 Å². The molecular formula is C13H15ClN2O4. The number of hydrogen-bond acceptors (Lipinski definition) is 5. The number of amides is 1. The van der Waals surface area contributed by atoms with E-state index in [2.05, 4.69) is 4.74 Å². The van der Waals surface area contributed by atoms with E-state index in [1.165, 1.54) is 18.1 Å². The summed E-state index contributed by atoms with van der Waals surface area (Å²) in [6.45, 7) is 0.857. The second-order valence-corrected chi connectivity index (χ2v) is 4.78. The van der Waals surface area contributed by atoms with Crippen molar-refractivity contribution in [2.45, 2.75) is 6.10 Å². The van der Waals surface area contributed by atoms with Crippen LogP contribution in [0.15, 0.2) is 18.2 Å². The van der Waals surface area contributed by atoms with E-state index in [1.54, 1.807) is 12.1 Å². The van der Waals surface area contributed by atoms with E-state index in [0.717, 1.165) is 0 Å². The van der Waals surface area contributed by atoms with E-state index in [0.29, 0.717) is 22.8 Å². The average Bonchev–Trinajstić information content (AvgIpc) is 2.48. The molecule has 1 unspecified atom stereocenters. The van der Waals surface area contributed by atoms with E-state index in [9.17, 15) is 9.59 Å². The Balaban J connectivity index is 2.12. The van der Waals surface area contributed by atoms with E-state index >= 15 is 0 Å². The number of nitrogens with zero attached hydrogens (tertiary/aromatic N) is 1. The Labute approximate surface area is 121 Å². The van der Waals surface area contributed by atoms with Crippen LogP contribution in [-0.4, -0.2) is 49.7 Å². The lowest BCUT2D eigenvalue weighted by atomic mass is 10.1. The second-order valence-electron chi connectivity index (χ2n) is 4.37. The molecule has 0 saturated carbocycles. The zero-order valence-corrected chi connectivity index (χ0v) is 11.7. The van der Waals surface area contributed by atoms with Crippen molar-refractivity contribution < 1.29 is 19.1 Å². The fourth-order valence-electron chi connectivity index (χ4n) is 1.95. The minimum absolute atomic E-state index is 0.160. The molecule has 0 aliphatic carbocycles. The Bertz CT molecular complexity index is 535. The topological polar surface area (TPSA) is 81.9 Å². The standard InChI is InChI=1S/C13H15ClN2O4/c1-19-13(18)11-7-16(4-5-20-11)12(17)8-2-3-10(15)9(14)6-8/h2-3,6,11H,4-5,7,15H2,1H3. The van der Waals surface area contributed by atoms with Gasteiger partial charge >= 0.3 is 5.97 Å². The molecule has 1 fully saturated rings. The minimum Gasteiger partial charge on any atom is -0.467 e. The predicted octanol–water partition coefficient (Wildman–Crippen LogP) is 0.936. The van der Waals surface area contributed by atoms with Gasteiger partial charge in [0, 0.05) is 12.1 Å². The first-order valence-electron chi connectivity index (χ1n) is 6.06. The molecule has 1 aliphatic rings. The molecule has 1 aromatic rings. The summed E-state index contributed by atoms with van der Waals surface area (Å²) in [4.78, 5) is 25.3. The fraction of sp³-hybridized carbons (Fsp3) is 0.385. The third kappa shape index (κ3) is 3.02. The Morgan fingerprint density at radius 1 is 1.50 bits per heavy atom. The highest BCUT2D eigenvalue weighted by molar-refractivity contribution is 6.33. The Morgan fingerprint density at radius 3 is 2.90 bits per heavy atom. The smallest absolute Gasteiger partial charge is 0.336 e. The molecule has 0 spiro atoms. The van der Waals surface area contributed by atoms with E-state index in [4.69, 9.17) is 22.1 Å². The monoisotopic (exact) mass is 298 g/mol. The molecule has 1 aromatic carbocycles. The number of benzene rings is 1. The van der Waals surface area contributed by atoms with Gasteiger partial charge in [0.05, 0.1) is 31.0 Å². The van der Waals surface area contributed by atoms with Gasteiger partial charge in [-0.05, 0) is 18.2 Å². The normalized spacial score (nSPS) is 18.7. The van der Waals surface area contributed by atoms with Gasteiger partial charge in [-0.25, -0.2) is 4.79 Å². The number of halogens is 1.